The maximum Gasteiger partial charge on any atom is 0.287 e. The molecule has 0 fully saturated rings. The first-order valence-electron chi connectivity index (χ1n) is 7.87. The number of pyridine rings is 1. The molecule has 138 valence electrons. The Morgan fingerprint density at radius 3 is 2.70 bits per heavy atom. The summed E-state index contributed by atoms with van der Waals surface area (Å²) < 4.78 is 11.2. The van der Waals surface area contributed by atoms with E-state index >= 15 is 0 Å². The largest absolute Gasteiger partial charge is 0.490 e. The van der Waals surface area contributed by atoms with Crippen LogP contribution in [0.4, 0.5) is 5.69 Å². The molecule has 0 spiro atoms. The number of hydrogen-bond acceptors (Lipinski definition) is 7. The van der Waals surface area contributed by atoms with Gasteiger partial charge in [-0.05, 0) is 30.7 Å². The number of benzene rings is 1. The van der Waals surface area contributed by atoms with E-state index in [2.05, 4.69) is 10.3 Å². The molecule has 1 heterocycles. The molecule has 0 radical (unpaired) electrons. The van der Waals surface area contributed by atoms with Gasteiger partial charge in [-0.25, -0.2) is 4.98 Å². The van der Waals surface area contributed by atoms with Crippen LogP contribution >= 0.6 is 0 Å². The molecule has 27 heavy (non-hydrogen) atoms. The van der Waals surface area contributed by atoms with Crippen molar-refractivity contribution in [2.75, 3.05) is 13.7 Å². The average Bonchev–Trinajstić information content (AvgIpc) is 2.68. The zero-order chi connectivity index (χ0) is 19.8. The molecular weight excluding hydrogens is 352 g/mol. The molecule has 1 N–H and O–H groups in total. The van der Waals surface area contributed by atoms with Gasteiger partial charge in [-0.15, -0.1) is 0 Å². The fourth-order valence-corrected chi connectivity index (χ4v) is 2.07. The number of nitrogens with one attached hydrogen (secondary N) is 1. The highest BCUT2D eigenvalue weighted by molar-refractivity contribution is 6.01. The Hall–Kier alpha value is -3.93. The van der Waals surface area contributed by atoms with E-state index in [0.29, 0.717) is 23.7 Å². The lowest BCUT2D eigenvalue weighted by Gasteiger charge is -2.11. The third-order valence-electron chi connectivity index (χ3n) is 3.32. The summed E-state index contributed by atoms with van der Waals surface area (Å²) in [6.45, 7) is 2.15. The van der Waals surface area contributed by atoms with Crippen molar-refractivity contribution in [3.8, 4) is 23.4 Å². The third kappa shape index (κ3) is 5.02. The molecule has 0 aliphatic rings. The van der Waals surface area contributed by atoms with Gasteiger partial charge >= 0.3 is 0 Å². The number of hydrogen-bond donors (Lipinski definition) is 1. The molecule has 9 nitrogen and oxygen atoms in total. The Morgan fingerprint density at radius 2 is 2.15 bits per heavy atom. The molecule has 0 aliphatic heterocycles. The molecule has 1 aromatic heterocycles. The van der Waals surface area contributed by atoms with Gasteiger partial charge in [0.15, 0.2) is 11.5 Å². The van der Waals surface area contributed by atoms with Crippen LogP contribution in [-0.4, -0.2) is 29.5 Å². The Labute approximate surface area is 155 Å². The minimum Gasteiger partial charge on any atom is -0.490 e. The molecule has 0 bridgehead atoms. The van der Waals surface area contributed by atoms with Crippen LogP contribution in [0.3, 0.4) is 0 Å². The quantitative estimate of drug-likeness (QED) is 0.344. The second kappa shape index (κ2) is 8.96. The Balaban J connectivity index is 2.32. The number of carbonyl (C=O) groups is 1. The van der Waals surface area contributed by atoms with Crippen LogP contribution in [0.25, 0.3) is 6.08 Å². The van der Waals surface area contributed by atoms with Crippen LogP contribution < -0.4 is 14.8 Å². The van der Waals surface area contributed by atoms with E-state index in [1.807, 2.05) is 6.07 Å². The number of amides is 1. The number of rotatable bonds is 7. The topological polar surface area (TPSA) is 127 Å². The Bertz CT molecular complexity index is 916. The summed E-state index contributed by atoms with van der Waals surface area (Å²) in [5, 5.41) is 22.1. The van der Waals surface area contributed by atoms with Crippen LogP contribution in [0.15, 0.2) is 42.1 Å². The molecule has 9 heteroatoms. The van der Waals surface area contributed by atoms with E-state index in [9.17, 15) is 14.9 Å². The predicted octanol–water partition coefficient (Wildman–Crippen LogP) is 2.83. The summed E-state index contributed by atoms with van der Waals surface area (Å²) >= 11 is 0. The predicted molar refractivity (Wildman–Crippen MR) is 96.2 cm³/mol. The van der Waals surface area contributed by atoms with Crippen LogP contribution in [0.2, 0.25) is 0 Å². The van der Waals surface area contributed by atoms with Crippen molar-refractivity contribution in [3.05, 3.63) is 57.8 Å². The van der Waals surface area contributed by atoms with E-state index in [1.54, 1.807) is 25.1 Å². The molecule has 1 aromatic carbocycles. The summed E-state index contributed by atoms with van der Waals surface area (Å²) in [5.74, 6) is 0.383. The van der Waals surface area contributed by atoms with Gasteiger partial charge in [0, 0.05) is 19.2 Å². The normalized spacial score (nSPS) is 10.6. The Kier molecular flexibility index (Phi) is 6.44. The minimum absolute atomic E-state index is 0.0503. The standard InChI is InChI=1S/C18H16N4O5/c1-3-26-16-9-12(8-13(10-19)18(23)20-2)4-6-15(16)27-17-7-5-14(11-21-17)22(24)25/h4-9,11H,3H2,1-2H3,(H,20,23)/b13-8-. The molecule has 2 aromatic rings. The zero-order valence-corrected chi connectivity index (χ0v) is 14.6. The van der Waals surface area contributed by atoms with Gasteiger partial charge in [0.1, 0.15) is 17.8 Å². The summed E-state index contributed by atoms with van der Waals surface area (Å²) in [5.41, 5.74) is 0.374. The molecule has 0 unspecified atom stereocenters. The van der Waals surface area contributed by atoms with Crippen molar-refractivity contribution in [1.82, 2.24) is 10.3 Å². The second-order valence-electron chi connectivity index (χ2n) is 5.10. The van der Waals surface area contributed by atoms with Crippen molar-refractivity contribution in [3.63, 3.8) is 0 Å². The molecule has 0 saturated heterocycles. The average molecular weight is 368 g/mol. The van der Waals surface area contributed by atoms with Crippen LogP contribution in [0, 0.1) is 21.4 Å². The molecule has 0 saturated carbocycles. The van der Waals surface area contributed by atoms with E-state index in [0.717, 1.165) is 6.20 Å². The number of nitrogens with zero attached hydrogens (tertiary/aromatic N) is 3. The fraction of sp³-hybridized carbons (Fsp3) is 0.167. The van der Waals surface area contributed by atoms with Crippen molar-refractivity contribution < 1.29 is 19.2 Å². The molecular formula is C18H16N4O5. The lowest BCUT2D eigenvalue weighted by Crippen LogP contribution is -2.19. The maximum absolute atomic E-state index is 11.6. The first kappa shape index (κ1) is 19.4. The number of aromatic nitrogens is 1. The number of likely N-dealkylation sites (N-methyl/N-ethyl adjacent to an activating group) is 1. The van der Waals surface area contributed by atoms with Gasteiger partial charge < -0.3 is 14.8 Å². The fourth-order valence-electron chi connectivity index (χ4n) is 2.07. The van der Waals surface area contributed by atoms with Crippen molar-refractivity contribution >= 4 is 17.7 Å². The molecule has 2 rings (SSSR count). The van der Waals surface area contributed by atoms with Crippen LogP contribution in [0.1, 0.15) is 12.5 Å². The maximum atomic E-state index is 11.6. The van der Waals surface area contributed by atoms with E-state index in [1.165, 1.54) is 25.3 Å². The highest BCUT2D eigenvalue weighted by Crippen LogP contribution is 2.33. The van der Waals surface area contributed by atoms with E-state index in [4.69, 9.17) is 14.7 Å². The number of nitriles is 1. The van der Waals surface area contributed by atoms with Gasteiger partial charge in [0.25, 0.3) is 11.6 Å². The summed E-state index contributed by atoms with van der Waals surface area (Å²) in [7, 11) is 1.44. The molecule has 1 amide bonds. The smallest absolute Gasteiger partial charge is 0.287 e. The van der Waals surface area contributed by atoms with Crippen LogP contribution in [0.5, 0.6) is 17.4 Å². The summed E-state index contributed by atoms with van der Waals surface area (Å²) in [4.78, 5) is 25.6. The molecule has 0 aliphatic carbocycles. The van der Waals surface area contributed by atoms with Crippen molar-refractivity contribution in [1.29, 1.82) is 5.26 Å². The first-order chi connectivity index (χ1) is 13.0. The Morgan fingerprint density at radius 1 is 1.37 bits per heavy atom. The number of carbonyl (C=O) groups excluding carboxylic acids is 1. The highest BCUT2D eigenvalue weighted by Gasteiger charge is 2.12. The lowest BCUT2D eigenvalue weighted by atomic mass is 10.1. The van der Waals surface area contributed by atoms with Gasteiger partial charge in [-0.2, -0.15) is 5.26 Å². The van der Waals surface area contributed by atoms with Gasteiger partial charge in [-0.3, -0.25) is 14.9 Å². The highest BCUT2D eigenvalue weighted by atomic mass is 16.6. The summed E-state index contributed by atoms with van der Waals surface area (Å²) in [6, 6.07) is 9.34. The molecule has 0 atom stereocenters. The third-order valence-corrected chi connectivity index (χ3v) is 3.32. The monoisotopic (exact) mass is 368 g/mol. The van der Waals surface area contributed by atoms with E-state index < -0.39 is 10.8 Å². The van der Waals surface area contributed by atoms with Crippen LogP contribution in [-0.2, 0) is 4.79 Å². The minimum atomic E-state index is -0.553. The zero-order valence-electron chi connectivity index (χ0n) is 14.6. The first-order valence-corrected chi connectivity index (χ1v) is 7.87. The van der Waals surface area contributed by atoms with Gasteiger partial charge in [0.2, 0.25) is 5.88 Å². The van der Waals surface area contributed by atoms with Gasteiger partial charge in [-0.1, -0.05) is 6.07 Å². The number of nitro groups is 1. The lowest BCUT2D eigenvalue weighted by molar-refractivity contribution is -0.385. The van der Waals surface area contributed by atoms with Crippen molar-refractivity contribution in [2.45, 2.75) is 6.92 Å². The second-order valence-corrected chi connectivity index (χ2v) is 5.10. The summed E-state index contributed by atoms with van der Waals surface area (Å²) in [6.07, 6.45) is 2.52. The van der Waals surface area contributed by atoms with Gasteiger partial charge in [0.05, 0.1) is 11.5 Å². The SMILES string of the molecule is CCOc1cc(/C=C(/C#N)C(=O)NC)ccc1Oc1ccc([N+](=O)[O-])cn1. The van der Waals surface area contributed by atoms with Crippen molar-refractivity contribution in [2.24, 2.45) is 0 Å². The number of ether oxygens (including phenoxy) is 2. The van der Waals surface area contributed by atoms with E-state index in [-0.39, 0.29) is 17.1 Å².